The number of hydrogen-bond donors (Lipinski definition) is 0. The van der Waals surface area contributed by atoms with Gasteiger partial charge >= 0.3 is 11.9 Å². The molecule has 0 heterocycles. The van der Waals surface area contributed by atoms with Crippen LogP contribution in [0.1, 0.15) is 52.7 Å². The number of rotatable bonds is 11. The second-order valence-corrected chi connectivity index (χ2v) is 10.4. The summed E-state index contributed by atoms with van der Waals surface area (Å²) in [6.45, 7) is 10.7. The van der Waals surface area contributed by atoms with E-state index in [9.17, 15) is 9.59 Å². The molecule has 0 N–H and O–H groups in total. The molecule has 0 aromatic heterocycles. The Labute approximate surface area is 258 Å². The summed E-state index contributed by atoms with van der Waals surface area (Å²) in [5.41, 5.74) is 5.54. The highest BCUT2D eigenvalue weighted by molar-refractivity contribution is 6.07. The smallest absolute Gasteiger partial charge is 0.308 e. The van der Waals surface area contributed by atoms with E-state index in [0.717, 1.165) is 43.8 Å². The molecular weight excluding hydrogens is 552 g/mol. The number of benzene rings is 4. The Balaban J connectivity index is 1.80. The summed E-state index contributed by atoms with van der Waals surface area (Å²) in [5.74, 6) is 0.157. The molecule has 4 rings (SSSR count). The van der Waals surface area contributed by atoms with E-state index in [-0.39, 0.29) is 11.9 Å². The minimum absolute atomic E-state index is 0.296. The van der Waals surface area contributed by atoms with Gasteiger partial charge in [0, 0.05) is 25.0 Å². The maximum atomic E-state index is 11.5. The second-order valence-electron chi connectivity index (χ2n) is 10.4. The Morgan fingerprint density at radius 2 is 0.955 bits per heavy atom. The topological polar surface area (TPSA) is 71.1 Å². The molecule has 0 spiro atoms. The fourth-order valence-corrected chi connectivity index (χ4v) is 5.14. The van der Waals surface area contributed by atoms with Crippen molar-refractivity contribution in [2.75, 3.05) is 0 Å². The highest BCUT2D eigenvalue weighted by atomic mass is 16.5. The van der Waals surface area contributed by atoms with Gasteiger partial charge in [-0.25, -0.2) is 0 Å². The van der Waals surface area contributed by atoms with Crippen molar-refractivity contribution in [2.45, 2.75) is 54.8 Å². The zero-order valence-corrected chi connectivity index (χ0v) is 26.1. The molecule has 6 nitrogen and oxygen atoms in total. The molecule has 0 radical (unpaired) electrons. The van der Waals surface area contributed by atoms with Gasteiger partial charge in [-0.15, -0.1) is 0 Å². The van der Waals surface area contributed by atoms with Crippen LogP contribution in [0.25, 0.3) is 32.7 Å². The van der Waals surface area contributed by atoms with E-state index in [1.807, 2.05) is 52.0 Å². The van der Waals surface area contributed by atoms with Gasteiger partial charge in [0.1, 0.15) is 24.7 Å². The molecule has 0 unspecified atom stereocenters. The molecule has 0 aliphatic heterocycles. The van der Waals surface area contributed by atoms with E-state index < -0.39 is 0 Å². The first-order valence-corrected chi connectivity index (χ1v) is 14.5. The zero-order valence-electron chi connectivity index (χ0n) is 26.1. The van der Waals surface area contributed by atoms with E-state index in [0.29, 0.717) is 35.9 Å². The molecule has 44 heavy (non-hydrogen) atoms. The molecule has 0 fully saturated rings. The lowest BCUT2D eigenvalue weighted by Crippen LogP contribution is -2.02. The first kappa shape index (κ1) is 31.8. The zero-order chi connectivity index (χ0) is 31.6. The van der Waals surface area contributed by atoms with Crippen LogP contribution in [0.5, 0.6) is 0 Å². The van der Waals surface area contributed by atoms with E-state index in [1.54, 1.807) is 24.7 Å². The van der Waals surface area contributed by atoms with Crippen LogP contribution in [0, 0.1) is 0 Å². The second kappa shape index (κ2) is 14.9. The van der Waals surface area contributed by atoms with Gasteiger partial charge < -0.3 is 18.9 Å². The summed E-state index contributed by atoms with van der Waals surface area (Å²) in [6.07, 6.45) is 6.73. The molecule has 0 saturated carbocycles. The number of allylic oxidation sites excluding steroid dienone is 4. The van der Waals surface area contributed by atoms with Gasteiger partial charge in [-0.2, -0.15) is 0 Å². The van der Waals surface area contributed by atoms with Crippen LogP contribution in [0.3, 0.4) is 0 Å². The molecule has 6 heteroatoms. The van der Waals surface area contributed by atoms with Gasteiger partial charge in [-0.3, -0.25) is 9.59 Å². The van der Waals surface area contributed by atoms with Crippen LogP contribution in [0.15, 0.2) is 120 Å². The molecule has 0 aliphatic rings. The minimum Gasteiger partial charge on any atom is -0.496 e. The third-order valence-corrected chi connectivity index (χ3v) is 7.09. The number of fused-ring (bicyclic) bond motifs is 2. The van der Waals surface area contributed by atoms with Gasteiger partial charge in [0.2, 0.25) is 0 Å². The Kier molecular flexibility index (Phi) is 10.8. The van der Waals surface area contributed by atoms with E-state index in [1.165, 1.54) is 13.8 Å². The number of hydrogen-bond acceptors (Lipinski definition) is 6. The average Bonchev–Trinajstić information content (AvgIpc) is 3.02. The van der Waals surface area contributed by atoms with Crippen molar-refractivity contribution in [3.05, 3.63) is 131 Å². The fraction of sp³-hybridized carbons (Fsp3) is 0.211. The van der Waals surface area contributed by atoms with Crippen molar-refractivity contribution in [1.29, 1.82) is 0 Å². The predicted molar refractivity (Wildman–Crippen MR) is 175 cm³/mol. The van der Waals surface area contributed by atoms with Gasteiger partial charge in [-0.1, -0.05) is 72.8 Å². The Morgan fingerprint density at radius 3 is 1.32 bits per heavy atom. The third kappa shape index (κ3) is 7.64. The molecule has 0 atom stereocenters. The predicted octanol–water partition coefficient (Wildman–Crippen LogP) is 9.43. The number of carbonyl (C=O) groups is 2. The number of ether oxygens (including phenoxy) is 4. The molecule has 4 aromatic rings. The Morgan fingerprint density at radius 1 is 0.568 bits per heavy atom. The van der Waals surface area contributed by atoms with Crippen LogP contribution < -0.4 is 0 Å². The molecule has 226 valence electrons. The Bertz CT molecular complexity index is 1670. The molecule has 0 aliphatic carbocycles. The van der Waals surface area contributed by atoms with Crippen LogP contribution in [0.4, 0.5) is 0 Å². The molecule has 4 aromatic carbocycles. The van der Waals surface area contributed by atoms with Crippen LogP contribution >= 0.6 is 0 Å². The monoisotopic (exact) mass is 590 g/mol. The summed E-state index contributed by atoms with van der Waals surface area (Å²) in [6, 6.07) is 25.0. The van der Waals surface area contributed by atoms with Crippen LogP contribution in [0.2, 0.25) is 0 Å². The van der Waals surface area contributed by atoms with Crippen molar-refractivity contribution >= 4 is 33.5 Å². The van der Waals surface area contributed by atoms with Crippen molar-refractivity contribution in [1.82, 2.24) is 0 Å². The maximum Gasteiger partial charge on any atom is 0.308 e. The quantitative estimate of drug-likeness (QED) is 0.0984. The van der Waals surface area contributed by atoms with Crippen LogP contribution in [-0.4, -0.2) is 11.9 Å². The lowest BCUT2D eigenvalue weighted by atomic mass is 9.87. The van der Waals surface area contributed by atoms with Crippen molar-refractivity contribution in [3.8, 4) is 11.1 Å². The third-order valence-electron chi connectivity index (χ3n) is 7.09. The van der Waals surface area contributed by atoms with Crippen molar-refractivity contribution in [3.63, 3.8) is 0 Å². The fourth-order valence-electron chi connectivity index (χ4n) is 5.14. The summed E-state index contributed by atoms with van der Waals surface area (Å²) >= 11 is 0. The largest absolute Gasteiger partial charge is 0.496 e. The molecule has 0 amide bonds. The van der Waals surface area contributed by atoms with Gasteiger partial charge in [0.05, 0.1) is 12.5 Å². The SMILES string of the molecule is C/C=C(OC(C)=O)/C(C)=C/OCc1ccc2ccccc2c1-c1c(CO/C=C(C)/C(=C/C)OC(C)=O)ccc2ccccc12. The molecule has 0 saturated heterocycles. The Hall–Kier alpha value is -5.10. The molecule has 0 bridgehead atoms. The highest BCUT2D eigenvalue weighted by Gasteiger charge is 2.18. The highest BCUT2D eigenvalue weighted by Crippen LogP contribution is 2.40. The first-order valence-electron chi connectivity index (χ1n) is 14.5. The first-order chi connectivity index (χ1) is 21.2. The van der Waals surface area contributed by atoms with Crippen LogP contribution in [-0.2, 0) is 41.8 Å². The lowest BCUT2D eigenvalue weighted by Gasteiger charge is -2.19. The number of esters is 2. The summed E-state index contributed by atoms with van der Waals surface area (Å²) in [7, 11) is 0. The normalized spacial score (nSPS) is 12.8. The van der Waals surface area contributed by atoms with Crippen molar-refractivity contribution in [2.24, 2.45) is 0 Å². The van der Waals surface area contributed by atoms with E-state index in [4.69, 9.17) is 18.9 Å². The standard InChI is InChI=1S/C38H38O6/c1-7-35(43-27(5)39)25(3)21-41-23-31-19-17-29-13-9-11-15-33(29)37(31)38-32(20-18-30-14-10-12-16-34(30)38)24-42-22-26(4)36(8-2)44-28(6)40/h7-22H,23-24H2,1-6H3/b25-21+,26-22+,35-7-,36-8-. The van der Waals surface area contributed by atoms with E-state index in [2.05, 4.69) is 48.5 Å². The minimum atomic E-state index is -0.383. The average molecular weight is 591 g/mol. The lowest BCUT2D eigenvalue weighted by molar-refractivity contribution is -0.137. The molecular formula is C38H38O6. The van der Waals surface area contributed by atoms with E-state index >= 15 is 0 Å². The van der Waals surface area contributed by atoms with Crippen molar-refractivity contribution < 1.29 is 28.5 Å². The summed E-state index contributed by atoms with van der Waals surface area (Å²) in [5, 5.41) is 4.41. The van der Waals surface area contributed by atoms with Gasteiger partial charge in [0.25, 0.3) is 0 Å². The van der Waals surface area contributed by atoms with Gasteiger partial charge in [0.15, 0.2) is 0 Å². The summed E-state index contributed by atoms with van der Waals surface area (Å²) < 4.78 is 22.8. The number of carbonyl (C=O) groups excluding carboxylic acids is 2. The van der Waals surface area contributed by atoms with Gasteiger partial charge in [-0.05, 0) is 83.6 Å². The maximum absolute atomic E-state index is 11.5. The summed E-state index contributed by atoms with van der Waals surface area (Å²) in [4.78, 5) is 23.0.